The monoisotopic (exact) mass is 530 g/mol. The molecule has 1 unspecified atom stereocenters. The van der Waals surface area contributed by atoms with Gasteiger partial charge in [-0.3, -0.25) is 14.5 Å². The summed E-state index contributed by atoms with van der Waals surface area (Å²) in [5.74, 6) is -0.558. The number of aliphatic hydroxyl groups is 1. The van der Waals surface area contributed by atoms with Crippen molar-refractivity contribution >= 4 is 34.9 Å². The third-order valence-electron chi connectivity index (χ3n) is 6.17. The Kier molecular flexibility index (Phi) is 6.89. The standard InChI is InChI=1S/C29H23ClN2O6/c1-17-14-24(31-38-17)32-26(25(28(34)29(32)35)27(33)19-8-11-21(30)12-9-19)20-10-13-22(23(15-20)36-2)37-16-18-6-4-3-5-7-18/h3-15,26,33H,16H2,1-2H3/b27-25-. The Hall–Kier alpha value is -4.56. The Morgan fingerprint density at radius 2 is 1.76 bits per heavy atom. The molecule has 0 bridgehead atoms. The normalized spacial score (nSPS) is 16.6. The van der Waals surface area contributed by atoms with Gasteiger partial charge in [0.15, 0.2) is 17.3 Å². The fourth-order valence-electron chi connectivity index (χ4n) is 4.32. The van der Waals surface area contributed by atoms with E-state index in [4.69, 9.17) is 25.6 Å². The number of anilines is 1. The topological polar surface area (TPSA) is 102 Å². The smallest absolute Gasteiger partial charge is 0.301 e. The van der Waals surface area contributed by atoms with Crippen LogP contribution in [0.15, 0.2) is 89.0 Å². The second-order valence-electron chi connectivity index (χ2n) is 8.66. The first-order chi connectivity index (χ1) is 18.4. The number of methoxy groups -OCH3 is 1. The molecule has 8 nitrogen and oxygen atoms in total. The average Bonchev–Trinajstić information content (AvgIpc) is 3.48. The lowest BCUT2D eigenvalue weighted by atomic mass is 9.95. The second-order valence-corrected chi connectivity index (χ2v) is 9.09. The predicted octanol–water partition coefficient (Wildman–Crippen LogP) is 5.85. The maximum Gasteiger partial charge on any atom is 0.301 e. The molecule has 0 saturated carbocycles. The van der Waals surface area contributed by atoms with Gasteiger partial charge >= 0.3 is 5.91 Å². The highest BCUT2D eigenvalue weighted by Crippen LogP contribution is 2.44. The quantitative estimate of drug-likeness (QED) is 0.182. The molecule has 0 aliphatic carbocycles. The molecule has 0 spiro atoms. The first kappa shape index (κ1) is 25.1. The van der Waals surface area contributed by atoms with E-state index in [9.17, 15) is 14.7 Å². The van der Waals surface area contributed by atoms with Gasteiger partial charge in [0.2, 0.25) is 0 Å². The molecule has 1 saturated heterocycles. The molecule has 1 aromatic heterocycles. The molecule has 2 heterocycles. The van der Waals surface area contributed by atoms with Crippen LogP contribution in [0.2, 0.25) is 5.02 Å². The Labute approximate surface area is 223 Å². The van der Waals surface area contributed by atoms with E-state index >= 15 is 0 Å². The van der Waals surface area contributed by atoms with Crippen LogP contribution >= 0.6 is 11.6 Å². The second kappa shape index (κ2) is 10.4. The Balaban J connectivity index is 1.60. The minimum atomic E-state index is -1.01. The Bertz CT molecular complexity index is 1530. The molecular weight excluding hydrogens is 508 g/mol. The summed E-state index contributed by atoms with van der Waals surface area (Å²) >= 11 is 6.00. The number of hydrogen-bond donors (Lipinski definition) is 1. The van der Waals surface area contributed by atoms with Crippen LogP contribution in [0.4, 0.5) is 5.82 Å². The number of Topliss-reactive ketones (excluding diaryl/α,β-unsaturated/α-hetero) is 1. The van der Waals surface area contributed by atoms with Crippen molar-refractivity contribution in [1.29, 1.82) is 0 Å². The van der Waals surface area contributed by atoms with Crippen molar-refractivity contribution in [2.24, 2.45) is 0 Å². The molecule has 1 aliphatic rings. The fourth-order valence-corrected chi connectivity index (χ4v) is 4.45. The number of carbonyl (C=O) groups excluding carboxylic acids is 2. The van der Waals surface area contributed by atoms with Crippen molar-refractivity contribution in [3.63, 3.8) is 0 Å². The average molecular weight is 531 g/mol. The Morgan fingerprint density at radius 3 is 2.42 bits per heavy atom. The van der Waals surface area contributed by atoms with Crippen LogP contribution in [-0.2, 0) is 16.2 Å². The number of amides is 1. The number of ether oxygens (including phenoxy) is 2. The van der Waals surface area contributed by atoms with E-state index in [1.807, 2.05) is 30.3 Å². The number of ketones is 1. The summed E-state index contributed by atoms with van der Waals surface area (Å²) in [6.45, 7) is 2.00. The van der Waals surface area contributed by atoms with E-state index < -0.39 is 17.7 Å². The van der Waals surface area contributed by atoms with Gasteiger partial charge in [-0.1, -0.05) is 53.2 Å². The molecule has 1 atom stereocenters. The maximum absolute atomic E-state index is 13.3. The van der Waals surface area contributed by atoms with Gasteiger partial charge in [0.1, 0.15) is 18.1 Å². The molecule has 1 N–H and O–H groups in total. The summed E-state index contributed by atoms with van der Waals surface area (Å²) in [5, 5.41) is 15.7. The number of nitrogens with zero attached hydrogens (tertiary/aromatic N) is 2. The van der Waals surface area contributed by atoms with Gasteiger partial charge in [-0.05, 0) is 54.4 Å². The molecule has 1 fully saturated rings. The number of aromatic nitrogens is 1. The zero-order valence-corrected chi connectivity index (χ0v) is 21.3. The molecule has 5 rings (SSSR count). The number of halogens is 1. The van der Waals surface area contributed by atoms with Crippen LogP contribution in [0.3, 0.4) is 0 Å². The van der Waals surface area contributed by atoms with E-state index in [0.29, 0.717) is 40.0 Å². The van der Waals surface area contributed by atoms with E-state index in [2.05, 4.69) is 5.16 Å². The van der Waals surface area contributed by atoms with Gasteiger partial charge in [0, 0.05) is 16.7 Å². The number of carbonyl (C=O) groups is 2. The van der Waals surface area contributed by atoms with E-state index in [0.717, 1.165) is 5.56 Å². The third-order valence-corrected chi connectivity index (χ3v) is 6.42. The first-order valence-corrected chi connectivity index (χ1v) is 12.1. The third kappa shape index (κ3) is 4.73. The lowest BCUT2D eigenvalue weighted by Crippen LogP contribution is -2.29. The fraction of sp³-hybridized carbons (Fsp3) is 0.138. The number of rotatable bonds is 7. The van der Waals surface area contributed by atoms with E-state index in [-0.39, 0.29) is 17.2 Å². The van der Waals surface area contributed by atoms with Gasteiger partial charge in [-0.25, -0.2) is 0 Å². The number of aryl methyl sites for hydroxylation is 1. The molecule has 1 aliphatic heterocycles. The maximum atomic E-state index is 13.3. The molecule has 4 aromatic rings. The molecular formula is C29H23ClN2O6. The zero-order valence-electron chi connectivity index (χ0n) is 20.6. The summed E-state index contributed by atoms with van der Waals surface area (Å²) in [4.78, 5) is 27.8. The highest BCUT2D eigenvalue weighted by molar-refractivity contribution is 6.51. The summed E-state index contributed by atoms with van der Waals surface area (Å²) in [5.41, 5.74) is 1.72. The molecule has 38 heavy (non-hydrogen) atoms. The van der Waals surface area contributed by atoms with Crippen LogP contribution in [0.25, 0.3) is 5.76 Å². The van der Waals surface area contributed by atoms with Crippen molar-refractivity contribution < 1.29 is 28.7 Å². The van der Waals surface area contributed by atoms with Crippen molar-refractivity contribution in [2.45, 2.75) is 19.6 Å². The van der Waals surface area contributed by atoms with Gasteiger partial charge in [0.05, 0.1) is 18.7 Å². The van der Waals surface area contributed by atoms with Gasteiger partial charge < -0.3 is 19.1 Å². The van der Waals surface area contributed by atoms with Crippen molar-refractivity contribution in [3.05, 3.63) is 112 Å². The van der Waals surface area contributed by atoms with E-state index in [1.165, 1.54) is 12.0 Å². The summed E-state index contributed by atoms with van der Waals surface area (Å²) in [7, 11) is 1.50. The summed E-state index contributed by atoms with van der Waals surface area (Å²) in [6.07, 6.45) is 0. The van der Waals surface area contributed by atoms with Gasteiger partial charge in [-0.2, -0.15) is 0 Å². The lowest BCUT2D eigenvalue weighted by Gasteiger charge is -2.24. The van der Waals surface area contributed by atoms with Crippen molar-refractivity contribution in [3.8, 4) is 11.5 Å². The number of aliphatic hydroxyl groups excluding tert-OH is 1. The van der Waals surface area contributed by atoms with Gasteiger partial charge in [-0.15, -0.1) is 0 Å². The number of benzene rings is 3. The molecule has 0 radical (unpaired) electrons. The SMILES string of the molecule is COc1cc(C2/C(=C(/O)c3ccc(Cl)cc3)C(=O)C(=O)N2c2cc(C)on2)ccc1OCc1ccccc1. The minimum Gasteiger partial charge on any atom is -0.507 e. The molecule has 1 amide bonds. The van der Waals surface area contributed by atoms with Crippen molar-refractivity contribution in [1.82, 2.24) is 5.16 Å². The summed E-state index contributed by atoms with van der Waals surface area (Å²) in [6, 6.07) is 21.6. The van der Waals surface area contributed by atoms with Gasteiger partial charge in [0.25, 0.3) is 5.78 Å². The van der Waals surface area contributed by atoms with Crippen LogP contribution < -0.4 is 14.4 Å². The zero-order chi connectivity index (χ0) is 26.8. The van der Waals surface area contributed by atoms with Crippen LogP contribution in [0.5, 0.6) is 11.5 Å². The minimum absolute atomic E-state index is 0.0991. The predicted molar refractivity (Wildman–Crippen MR) is 141 cm³/mol. The molecule has 192 valence electrons. The van der Waals surface area contributed by atoms with Crippen molar-refractivity contribution in [2.75, 3.05) is 12.0 Å². The van der Waals surface area contributed by atoms with Crippen LogP contribution in [-0.4, -0.2) is 29.1 Å². The largest absolute Gasteiger partial charge is 0.507 e. The Morgan fingerprint density at radius 1 is 1.03 bits per heavy atom. The first-order valence-electron chi connectivity index (χ1n) is 11.7. The lowest BCUT2D eigenvalue weighted by molar-refractivity contribution is -0.132. The highest BCUT2D eigenvalue weighted by Gasteiger charge is 2.48. The van der Waals surface area contributed by atoms with Crippen LogP contribution in [0, 0.1) is 6.92 Å². The highest BCUT2D eigenvalue weighted by atomic mass is 35.5. The number of hydrogen-bond acceptors (Lipinski definition) is 7. The van der Waals surface area contributed by atoms with Crippen LogP contribution in [0.1, 0.15) is 28.5 Å². The molecule has 3 aromatic carbocycles. The molecule has 9 heteroatoms. The summed E-state index contributed by atoms with van der Waals surface area (Å²) < 4.78 is 16.7. The van der Waals surface area contributed by atoms with E-state index in [1.54, 1.807) is 55.5 Å².